The minimum atomic E-state index is -0.738. The molecule has 2 saturated heterocycles. The Bertz CT molecular complexity index is 930. The number of nitrogens with zero attached hydrogens (tertiary/aromatic N) is 3. The molecule has 3 heterocycles. The van der Waals surface area contributed by atoms with Gasteiger partial charge in [-0.1, -0.05) is 11.6 Å². The fourth-order valence-electron chi connectivity index (χ4n) is 4.39. The van der Waals surface area contributed by atoms with Crippen LogP contribution in [0, 0.1) is 0 Å². The van der Waals surface area contributed by atoms with Crippen LogP contribution in [0.4, 0.5) is 5.69 Å². The highest BCUT2D eigenvalue weighted by atomic mass is 35.5. The molecule has 1 aromatic carbocycles. The molecule has 1 atom stereocenters. The van der Waals surface area contributed by atoms with Crippen molar-refractivity contribution in [1.29, 1.82) is 0 Å². The van der Waals surface area contributed by atoms with Crippen molar-refractivity contribution in [3.63, 3.8) is 0 Å². The zero-order valence-electron chi connectivity index (χ0n) is 17.4. The monoisotopic (exact) mass is 447 g/mol. The van der Waals surface area contributed by atoms with Crippen LogP contribution in [0.25, 0.3) is 0 Å². The second-order valence-electron chi connectivity index (χ2n) is 8.30. The van der Waals surface area contributed by atoms with Crippen LogP contribution in [0.2, 0.25) is 5.02 Å². The van der Waals surface area contributed by atoms with Gasteiger partial charge in [0.15, 0.2) is 0 Å². The highest BCUT2D eigenvalue weighted by Crippen LogP contribution is 2.33. The Morgan fingerprint density at radius 3 is 2.45 bits per heavy atom. The lowest BCUT2D eigenvalue weighted by molar-refractivity contribution is -0.143. The number of anilines is 1. The number of hydrogen-bond donors (Lipinski definition) is 2. The molecule has 1 spiro atoms. The van der Waals surface area contributed by atoms with Crippen molar-refractivity contribution in [2.75, 3.05) is 44.6 Å². The Balaban J connectivity index is 1.39. The third kappa shape index (κ3) is 4.46. The number of piperazine rings is 1. The molecule has 0 radical (unpaired) electrons. The molecule has 1 unspecified atom stereocenters. The number of carbonyl (C=O) groups excluding carboxylic acids is 4. The summed E-state index contributed by atoms with van der Waals surface area (Å²) in [5, 5.41) is 6.87. The SMILES string of the molecule is CC(=O)N1CCN(C(=O)CN2CCC3(CCC2=O)NC(=O)c2cc(Cl)ccc2N3)CC1. The van der Waals surface area contributed by atoms with Crippen molar-refractivity contribution in [2.24, 2.45) is 0 Å². The Labute approximate surface area is 185 Å². The lowest BCUT2D eigenvalue weighted by atomic mass is 9.95. The van der Waals surface area contributed by atoms with E-state index in [0.717, 1.165) is 0 Å². The van der Waals surface area contributed by atoms with E-state index in [0.29, 0.717) is 61.8 Å². The first-order chi connectivity index (χ1) is 14.8. The van der Waals surface area contributed by atoms with Crippen LogP contribution >= 0.6 is 11.6 Å². The molecular weight excluding hydrogens is 422 g/mol. The summed E-state index contributed by atoms with van der Waals surface area (Å²) in [5.74, 6) is -0.443. The van der Waals surface area contributed by atoms with Crippen LogP contribution in [-0.4, -0.2) is 83.3 Å². The topological polar surface area (TPSA) is 102 Å². The van der Waals surface area contributed by atoms with E-state index in [4.69, 9.17) is 11.6 Å². The van der Waals surface area contributed by atoms with Gasteiger partial charge in [0.25, 0.3) is 5.91 Å². The molecule has 3 aliphatic rings. The van der Waals surface area contributed by atoms with Crippen LogP contribution in [-0.2, 0) is 14.4 Å². The molecule has 4 amide bonds. The van der Waals surface area contributed by atoms with Gasteiger partial charge in [0.05, 0.1) is 12.1 Å². The molecule has 9 nitrogen and oxygen atoms in total. The fraction of sp³-hybridized carbons (Fsp3) is 0.524. The van der Waals surface area contributed by atoms with E-state index in [-0.39, 0.29) is 36.6 Å². The molecule has 0 aromatic heterocycles. The van der Waals surface area contributed by atoms with Crippen LogP contribution in [0.1, 0.15) is 36.5 Å². The van der Waals surface area contributed by atoms with Crippen LogP contribution in [0.3, 0.4) is 0 Å². The highest BCUT2D eigenvalue weighted by Gasteiger charge is 2.41. The minimum Gasteiger partial charge on any atom is -0.362 e. The molecule has 1 aromatic rings. The fourth-order valence-corrected chi connectivity index (χ4v) is 4.56. The molecule has 4 rings (SSSR count). The van der Waals surface area contributed by atoms with Gasteiger partial charge in [0.2, 0.25) is 17.7 Å². The van der Waals surface area contributed by atoms with Gasteiger partial charge in [0, 0.05) is 63.2 Å². The molecule has 0 saturated carbocycles. The van der Waals surface area contributed by atoms with Crippen molar-refractivity contribution in [3.05, 3.63) is 28.8 Å². The number of halogens is 1. The Morgan fingerprint density at radius 2 is 1.74 bits per heavy atom. The number of fused-ring (bicyclic) bond motifs is 1. The summed E-state index contributed by atoms with van der Waals surface area (Å²) in [4.78, 5) is 54.6. The maximum atomic E-state index is 12.7. The third-order valence-electron chi connectivity index (χ3n) is 6.28. The molecule has 0 bridgehead atoms. The Hall–Kier alpha value is -2.81. The molecular formula is C21H26ClN5O4. The Kier molecular flexibility index (Phi) is 5.79. The van der Waals surface area contributed by atoms with Crippen LogP contribution in [0.5, 0.6) is 0 Å². The molecule has 3 aliphatic heterocycles. The second kappa shape index (κ2) is 8.37. The van der Waals surface area contributed by atoms with E-state index in [1.54, 1.807) is 32.9 Å². The summed E-state index contributed by atoms with van der Waals surface area (Å²) in [7, 11) is 0. The molecule has 166 valence electrons. The summed E-state index contributed by atoms with van der Waals surface area (Å²) < 4.78 is 0. The number of benzene rings is 1. The average molecular weight is 448 g/mol. The standard InChI is InChI=1S/C21H26ClN5O4/c1-14(28)25-8-10-26(11-9-25)19(30)13-27-7-6-21(5-4-18(27)29)23-17-3-2-15(22)12-16(17)20(31)24-21/h2-3,12,23H,4-11,13H2,1H3,(H,24,31). The van der Waals surface area contributed by atoms with Crippen molar-refractivity contribution < 1.29 is 19.2 Å². The number of likely N-dealkylation sites (tertiary alicyclic amines) is 1. The van der Waals surface area contributed by atoms with Gasteiger partial charge in [-0.05, 0) is 24.6 Å². The molecule has 10 heteroatoms. The van der Waals surface area contributed by atoms with E-state index in [1.807, 2.05) is 0 Å². The summed E-state index contributed by atoms with van der Waals surface area (Å²) in [6.07, 6.45) is 1.14. The minimum absolute atomic E-state index is 0.00552. The van der Waals surface area contributed by atoms with E-state index >= 15 is 0 Å². The number of hydrogen-bond acceptors (Lipinski definition) is 5. The van der Waals surface area contributed by atoms with Crippen molar-refractivity contribution in [3.8, 4) is 0 Å². The van der Waals surface area contributed by atoms with E-state index in [9.17, 15) is 19.2 Å². The van der Waals surface area contributed by atoms with Crippen molar-refractivity contribution >= 4 is 40.9 Å². The number of nitrogens with one attached hydrogen (secondary N) is 2. The third-order valence-corrected chi connectivity index (χ3v) is 6.52. The average Bonchev–Trinajstić information content (AvgIpc) is 2.89. The molecule has 2 fully saturated rings. The highest BCUT2D eigenvalue weighted by molar-refractivity contribution is 6.31. The number of amides is 4. The largest absolute Gasteiger partial charge is 0.362 e. The molecule has 0 aliphatic carbocycles. The predicted octanol–water partition coefficient (Wildman–Crippen LogP) is 0.895. The predicted molar refractivity (Wildman–Crippen MR) is 115 cm³/mol. The Morgan fingerprint density at radius 1 is 1.03 bits per heavy atom. The van der Waals surface area contributed by atoms with Gasteiger partial charge < -0.3 is 25.3 Å². The first-order valence-electron chi connectivity index (χ1n) is 10.5. The van der Waals surface area contributed by atoms with E-state index < -0.39 is 5.66 Å². The maximum absolute atomic E-state index is 12.7. The normalized spacial score (nSPS) is 23.7. The summed E-state index contributed by atoms with van der Waals surface area (Å²) in [6.45, 7) is 3.86. The van der Waals surface area contributed by atoms with Crippen molar-refractivity contribution in [1.82, 2.24) is 20.0 Å². The molecule has 2 N–H and O–H groups in total. The second-order valence-corrected chi connectivity index (χ2v) is 8.74. The van der Waals surface area contributed by atoms with Gasteiger partial charge in [0.1, 0.15) is 5.66 Å². The van der Waals surface area contributed by atoms with Gasteiger partial charge >= 0.3 is 0 Å². The van der Waals surface area contributed by atoms with Gasteiger partial charge in [-0.25, -0.2) is 0 Å². The van der Waals surface area contributed by atoms with Crippen LogP contribution in [0.15, 0.2) is 18.2 Å². The van der Waals surface area contributed by atoms with Crippen molar-refractivity contribution in [2.45, 2.75) is 31.8 Å². The zero-order chi connectivity index (χ0) is 22.2. The smallest absolute Gasteiger partial charge is 0.255 e. The van der Waals surface area contributed by atoms with Gasteiger partial charge in [-0.15, -0.1) is 0 Å². The first-order valence-corrected chi connectivity index (χ1v) is 10.9. The number of carbonyl (C=O) groups is 4. The summed E-state index contributed by atoms with van der Waals surface area (Å²) in [6, 6.07) is 5.11. The summed E-state index contributed by atoms with van der Waals surface area (Å²) in [5.41, 5.74) is 0.428. The quantitative estimate of drug-likeness (QED) is 0.701. The summed E-state index contributed by atoms with van der Waals surface area (Å²) >= 11 is 6.01. The van der Waals surface area contributed by atoms with Crippen LogP contribution < -0.4 is 10.6 Å². The van der Waals surface area contributed by atoms with E-state index in [1.165, 1.54) is 6.92 Å². The lowest BCUT2D eigenvalue weighted by Gasteiger charge is -2.40. The first kappa shape index (κ1) is 21.4. The van der Waals surface area contributed by atoms with Gasteiger partial charge in [-0.3, -0.25) is 19.2 Å². The van der Waals surface area contributed by atoms with Gasteiger partial charge in [-0.2, -0.15) is 0 Å². The lowest BCUT2D eigenvalue weighted by Crippen LogP contribution is -2.58. The zero-order valence-corrected chi connectivity index (χ0v) is 18.2. The molecule has 31 heavy (non-hydrogen) atoms. The maximum Gasteiger partial charge on any atom is 0.255 e. The number of rotatable bonds is 2. The van der Waals surface area contributed by atoms with E-state index in [2.05, 4.69) is 10.6 Å².